The summed E-state index contributed by atoms with van der Waals surface area (Å²) in [5.74, 6) is -0.0596. The molecule has 1 aliphatic heterocycles. The molecule has 0 aliphatic carbocycles. The quantitative estimate of drug-likeness (QED) is 0.647. The van der Waals surface area contributed by atoms with Crippen LogP contribution in [-0.2, 0) is 4.74 Å². The number of nitrogens with one attached hydrogen (secondary N) is 2. The zero-order valence-corrected chi connectivity index (χ0v) is 11.1. The Bertz CT molecular complexity index is 415. The van der Waals surface area contributed by atoms with Crippen molar-refractivity contribution in [2.24, 2.45) is 0 Å². The molecule has 0 spiro atoms. The van der Waals surface area contributed by atoms with Crippen LogP contribution in [0.2, 0.25) is 0 Å². The van der Waals surface area contributed by atoms with Gasteiger partial charge in [0.1, 0.15) is 0 Å². The maximum Gasteiger partial charge on any atom is 0.288 e. The van der Waals surface area contributed by atoms with Crippen LogP contribution in [0.5, 0.6) is 0 Å². The molecule has 0 radical (unpaired) electrons. The minimum Gasteiger partial charge on any atom is -0.379 e. The van der Waals surface area contributed by atoms with Gasteiger partial charge in [0.2, 0.25) is 11.8 Å². The zero-order valence-electron chi connectivity index (χ0n) is 11.1. The number of carbonyl (C=O) groups is 1. The first-order valence-electron chi connectivity index (χ1n) is 6.48. The van der Waals surface area contributed by atoms with Crippen LogP contribution < -0.4 is 11.1 Å². The lowest BCUT2D eigenvalue weighted by molar-refractivity contribution is 0.0159. The molecule has 19 heavy (non-hydrogen) atoms. The van der Waals surface area contributed by atoms with Crippen molar-refractivity contribution in [3.63, 3.8) is 0 Å². The van der Waals surface area contributed by atoms with Crippen LogP contribution in [0.4, 0.5) is 5.95 Å². The summed E-state index contributed by atoms with van der Waals surface area (Å²) in [5, 5.41) is 8.97. The molecular formula is C11H20N6O2. The minimum atomic E-state index is -0.282. The number of amides is 1. The molecule has 2 heterocycles. The summed E-state index contributed by atoms with van der Waals surface area (Å²) >= 11 is 0. The highest BCUT2D eigenvalue weighted by Gasteiger charge is 2.20. The number of ether oxygens (including phenoxy) is 1. The Kier molecular flexibility index (Phi) is 4.69. The Labute approximate surface area is 111 Å². The van der Waals surface area contributed by atoms with E-state index in [2.05, 4.69) is 32.3 Å². The third-order valence-corrected chi connectivity index (χ3v) is 3.25. The van der Waals surface area contributed by atoms with Gasteiger partial charge in [0, 0.05) is 25.7 Å². The number of nitrogens with zero attached hydrogens (tertiary/aromatic N) is 3. The van der Waals surface area contributed by atoms with Gasteiger partial charge in [-0.3, -0.25) is 14.8 Å². The number of hydrogen-bond acceptors (Lipinski definition) is 6. The van der Waals surface area contributed by atoms with Gasteiger partial charge in [0.05, 0.1) is 13.2 Å². The van der Waals surface area contributed by atoms with Crippen LogP contribution in [0.25, 0.3) is 0 Å². The number of rotatable bonds is 5. The molecule has 106 valence electrons. The number of aromatic nitrogens is 3. The molecule has 1 aromatic rings. The first-order valence-corrected chi connectivity index (χ1v) is 6.48. The third-order valence-electron chi connectivity index (χ3n) is 3.25. The van der Waals surface area contributed by atoms with E-state index in [0.29, 0.717) is 12.6 Å². The van der Waals surface area contributed by atoms with Crippen LogP contribution in [0.1, 0.15) is 24.0 Å². The smallest absolute Gasteiger partial charge is 0.288 e. The molecule has 0 bridgehead atoms. The van der Waals surface area contributed by atoms with E-state index in [0.717, 1.165) is 32.7 Å². The van der Waals surface area contributed by atoms with E-state index in [9.17, 15) is 4.79 Å². The number of aromatic amines is 1. The van der Waals surface area contributed by atoms with Crippen molar-refractivity contribution in [1.82, 2.24) is 25.4 Å². The molecular weight excluding hydrogens is 248 g/mol. The van der Waals surface area contributed by atoms with Crippen LogP contribution in [-0.4, -0.2) is 64.9 Å². The van der Waals surface area contributed by atoms with Crippen molar-refractivity contribution in [2.45, 2.75) is 19.4 Å². The number of hydrogen-bond donors (Lipinski definition) is 3. The van der Waals surface area contributed by atoms with E-state index in [1.807, 2.05) is 0 Å². The molecule has 0 saturated carbocycles. The van der Waals surface area contributed by atoms with Crippen LogP contribution in [0.15, 0.2) is 0 Å². The van der Waals surface area contributed by atoms with E-state index in [1.54, 1.807) is 0 Å². The number of nitrogen functional groups attached to an aromatic ring is 1. The SMILES string of the molecule is CC[C@H](CNC(=O)c1nc(N)n[nH]1)N1CCOCC1. The van der Waals surface area contributed by atoms with Gasteiger partial charge in [-0.25, -0.2) is 0 Å². The Morgan fingerprint density at radius 2 is 2.32 bits per heavy atom. The second kappa shape index (κ2) is 6.48. The Morgan fingerprint density at radius 3 is 2.89 bits per heavy atom. The first kappa shape index (κ1) is 13.8. The highest BCUT2D eigenvalue weighted by Crippen LogP contribution is 2.06. The highest BCUT2D eigenvalue weighted by molar-refractivity contribution is 5.90. The molecule has 0 unspecified atom stereocenters. The van der Waals surface area contributed by atoms with Crippen molar-refractivity contribution >= 4 is 11.9 Å². The van der Waals surface area contributed by atoms with Crippen molar-refractivity contribution in [3.8, 4) is 0 Å². The number of anilines is 1. The Hall–Kier alpha value is -1.67. The number of carbonyl (C=O) groups excluding carboxylic acids is 1. The summed E-state index contributed by atoms with van der Waals surface area (Å²) in [6.45, 7) is 6.01. The number of morpholine rings is 1. The summed E-state index contributed by atoms with van der Waals surface area (Å²) in [6, 6.07) is 0.313. The van der Waals surface area contributed by atoms with Crippen molar-refractivity contribution < 1.29 is 9.53 Å². The normalized spacial score (nSPS) is 18.2. The lowest BCUT2D eigenvalue weighted by Gasteiger charge is -2.33. The summed E-state index contributed by atoms with van der Waals surface area (Å²) < 4.78 is 5.33. The first-order chi connectivity index (χ1) is 9.20. The van der Waals surface area contributed by atoms with Crippen LogP contribution >= 0.6 is 0 Å². The van der Waals surface area contributed by atoms with Gasteiger partial charge in [-0.2, -0.15) is 4.98 Å². The number of H-pyrrole nitrogens is 1. The molecule has 8 heteroatoms. The lowest BCUT2D eigenvalue weighted by atomic mass is 10.1. The highest BCUT2D eigenvalue weighted by atomic mass is 16.5. The maximum absolute atomic E-state index is 11.8. The summed E-state index contributed by atoms with van der Waals surface area (Å²) in [7, 11) is 0. The average molecular weight is 268 g/mol. The molecule has 8 nitrogen and oxygen atoms in total. The average Bonchev–Trinajstić information content (AvgIpc) is 2.87. The van der Waals surface area contributed by atoms with E-state index in [-0.39, 0.29) is 17.7 Å². The summed E-state index contributed by atoms with van der Waals surface area (Å²) in [4.78, 5) is 17.9. The molecule has 1 aromatic heterocycles. The molecule has 1 amide bonds. The summed E-state index contributed by atoms with van der Waals surface area (Å²) in [5.41, 5.74) is 5.36. The minimum absolute atomic E-state index is 0.0744. The van der Waals surface area contributed by atoms with Crippen LogP contribution in [0.3, 0.4) is 0 Å². The maximum atomic E-state index is 11.8. The van der Waals surface area contributed by atoms with Gasteiger partial charge in [-0.05, 0) is 6.42 Å². The fourth-order valence-corrected chi connectivity index (χ4v) is 2.14. The standard InChI is InChI=1S/C11H20N6O2/c1-2-8(17-3-5-19-6-4-17)7-13-10(18)9-14-11(12)16-15-9/h8H,2-7H2,1H3,(H,13,18)(H3,12,14,15,16)/t8-/m1/s1. The predicted octanol–water partition coefficient (Wildman–Crippen LogP) is -0.772. The molecule has 1 aliphatic rings. The molecule has 1 atom stereocenters. The van der Waals surface area contributed by atoms with E-state index in [4.69, 9.17) is 10.5 Å². The number of nitrogens with two attached hydrogens (primary N) is 1. The molecule has 1 fully saturated rings. The van der Waals surface area contributed by atoms with Crippen molar-refractivity contribution in [1.29, 1.82) is 0 Å². The van der Waals surface area contributed by atoms with Crippen molar-refractivity contribution in [3.05, 3.63) is 5.82 Å². The summed E-state index contributed by atoms with van der Waals surface area (Å²) in [6.07, 6.45) is 0.971. The van der Waals surface area contributed by atoms with Crippen molar-refractivity contribution in [2.75, 3.05) is 38.6 Å². The van der Waals surface area contributed by atoms with Gasteiger partial charge < -0.3 is 15.8 Å². The molecule has 1 saturated heterocycles. The van der Waals surface area contributed by atoms with E-state index in [1.165, 1.54) is 0 Å². The lowest BCUT2D eigenvalue weighted by Crippen LogP contribution is -2.48. The monoisotopic (exact) mass is 268 g/mol. The van der Waals surface area contributed by atoms with Crippen LogP contribution in [0, 0.1) is 0 Å². The fourth-order valence-electron chi connectivity index (χ4n) is 2.14. The van der Waals surface area contributed by atoms with E-state index >= 15 is 0 Å². The second-order valence-electron chi connectivity index (χ2n) is 4.46. The predicted molar refractivity (Wildman–Crippen MR) is 69.6 cm³/mol. The zero-order chi connectivity index (χ0) is 13.7. The largest absolute Gasteiger partial charge is 0.379 e. The topological polar surface area (TPSA) is 109 Å². The third kappa shape index (κ3) is 3.65. The molecule has 2 rings (SSSR count). The second-order valence-corrected chi connectivity index (χ2v) is 4.46. The van der Waals surface area contributed by atoms with Gasteiger partial charge in [0.25, 0.3) is 5.91 Å². The molecule has 0 aromatic carbocycles. The molecule has 4 N–H and O–H groups in total. The Morgan fingerprint density at radius 1 is 1.58 bits per heavy atom. The van der Waals surface area contributed by atoms with Gasteiger partial charge in [-0.1, -0.05) is 6.92 Å². The van der Waals surface area contributed by atoms with E-state index < -0.39 is 0 Å². The van der Waals surface area contributed by atoms with Gasteiger partial charge in [-0.15, -0.1) is 5.10 Å². The Balaban J connectivity index is 1.83. The fraction of sp³-hybridized carbons (Fsp3) is 0.727. The van der Waals surface area contributed by atoms with Gasteiger partial charge in [0.15, 0.2) is 0 Å². The van der Waals surface area contributed by atoms with Gasteiger partial charge >= 0.3 is 0 Å².